The molecule has 260 valence electrons. The largest absolute Gasteiger partial charge is 0.490 e. The van der Waals surface area contributed by atoms with Crippen LogP contribution < -0.4 is 10.1 Å². The molecule has 10 nitrogen and oxygen atoms in total. The summed E-state index contributed by atoms with van der Waals surface area (Å²) in [5, 5.41) is 13.6. The highest BCUT2D eigenvalue weighted by atomic mass is 35.5. The first-order valence-electron chi connectivity index (χ1n) is 16.3. The number of anilines is 1. The van der Waals surface area contributed by atoms with Crippen LogP contribution >= 0.6 is 11.6 Å². The molecule has 1 aliphatic rings. The number of amides is 2. The molecular weight excluding hydrogens is 654 g/mol. The average Bonchev–Trinajstić information content (AvgIpc) is 3.06. The Balaban J connectivity index is 1.62. The number of halogens is 1. The van der Waals surface area contributed by atoms with E-state index >= 15 is 0 Å². The Morgan fingerprint density at radius 3 is 2.48 bits per heavy atom. The van der Waals surface area contributed by atoms with Crippen LogP contribution in [0.2, 0.25) is 5.02 Å². The number of benzene rings is 3. The van der Waals surface area contributed by atoms with E-state index in [0.717, 1.165) is 18.4 Å². The molecule has 1 heterocycles. The Morgan fingerprint density at radius 1 is 1.08 bits per heavy atom. The van der Waals surface area contributed by atoms with E-state index < -0.39 is 22.2 Å². The summed E-state index contributed by atoms with van der Waals surface area (Å²) in [6.07, 6.45) is 1.64. The van der Waals surface area contributed by atoms with Gasteiger partial charge in [0.15, 0.2) is 0 Å². The van der Waals surface area contributed by atoms with E-state index in [9.17, 15) is 23.1 Å². The third kappa shape index (κ3) is 10.0. The molecule has 0 fully saturated rings. The topological polar surface area (TPSA) is 125 Å². The van der Waals surface area contributed by atoms with E-state index in [4.69, 9.17) is 21.1 Å². The number of nitrogens with zero attached hydrogens (tertiary/aromatic N) is 2. The molecule has 3 aromatic carbocycles. The summed E-state index contributed by atoms with van der Waals surface area (Å²) in [5.74, 6) is -0.556. The van der Waals surface area contributed by atoms with Crippen molar-refractivity contribution in [2.45, 2.75) is 69.6 Å². The van der Waals surface area contributed by atoms with Gasteiger partial charge in [-0.2, -0.15) is 4.31 Å². The zero-order valence-electron chi connectivity index (χ0n) is 28.0. The Labute approximate surface area is 289 Å². The summed E-state index contributed by atoms with van der Waals surface area (Å²) in [7, 11) is -2.34. The molecule has 3 aromatic rings. The second kappa shape index (κ2) is 17.3. The summed E-state index contributed by atoms with van der Waals surface area (Å²) in [6.45, 7) is 5.91. The van der Waals surface area contributed by atoms with E-state index in [1.54, 1.807) is 30.0 Å². The zero-order chi connectivity index (χ0) is 34.8. The van der Waals surface area contributed by atoms with Gasteiger partial charge in [0, 0.05) is 43.4 Å². The minimum absolute atomic E-state index is 0.0510. The Morgan fingerprint density at radius 2 is 1.79 bits per heavy atom. The highest BCUT2D eigenvalue weighted by Crippen LogP contribution is 2.29. The van der Waals surface area contributed by atoms with Gasteiger partial charge in [0.25, 0.3) is 5.91 Å². The van der Waals surface area contributed by atoms with Crippen LogP contribution in [0.3, 0.4) is 0 Å². The Hall–Kier alpha value is -3.48. The molecule has 4 atom stereocenters. The molecule has 0 aromatic heterocycles. The number of likely N-dealkylation sites (N-methyl/N-ethyl adjacent to an activating group) is 1. The number of hydrogen-bond acceptors (Lipinski definition) is 7. The molecule has 0 bridgehead atoms. The Kier molecular flexibility index (Phi) is 13.4. The van der Waals surface area contributed by atoms with Crippen molar-refractivity contribution in [2.75, 3.05) is 38.7 Å². The van der Waals surface area contributed by atoms with Gasteiger partial charge in [-0.25, -0.2) is 8.42 Å². The molecule has 2 amide bonds. The first-order chi connectivity index (χ1) is 22.9. The average molecular weight is 700 g/mol. The van der Waals surface area contributed by atoms with Gasteiger partial charge in [0.2, 0.25) is 15.9 Å². The summed E-state index contributed by atoms with van der Waals surface area (Å²) in [4.78, 5) is 28.9. The van der Waals surface area contributed by atoms with Gasteiger partial charge in [-0.15, -0.1) is 0 Å². The van der Waals surface area contributed by atoms with Gasteiger partial charge in [0.05, 0.1) is 41.7 Å². The van der Waals surface area contributed by atoms with Crippen molar-refractivity contribution in [2.24, 2.45) is 5.92 Å². The number of fused-ring (bicyclic) bond motifs is 1. The lowest BCUT2D eigenvalue weighted by Crippen LogP contribution is -2.48. The molecule has 12 heteroatoms. The highest BCUT2D eigenvalue weighted by molar-refractivity contribution is 7.89. The molecule has 0 saturated heterocycles. The third-order valence-electron chi connectivity index (χ3n) is 8.50. The SMILES string of the molecule is C[C@H](CO)N1C[C@H](C)[C@@H](CN(C)S(=O)(=O)c2ccc(Cl)cc2)OCCCC[C@H](C)Oc2ccc(NC(=O)Cc3ccccc3)cc2C1=O. The fourth-order valence-electron chi connectivity index (χ4n) is 5.59. The van der Waals surface area contributed by atoms with Gasteiger partial charge in [-0.3, -0.25) is 9.59 Å². The smallest absolute Gasteiger partial charge is 0.258 e. The maximum absolute atomic E-state index is 14.4. The van der Waals surface area contributed by atoms with Gasteiger partial charge >= 0.3 is 0 Å². The first kappa shape index (κ1) is 37.3. The molecule has 1 aliphatic heterocycles. The lowest BCUT2D eigenvalue weighted by Gasteiger charge is -2.35. The van der Waals surface area contributed by atoms with Gasteiger partial charge in [-0.05, 0) is 81.1 Å². The van der Waals surface area contributed by atoms with Gasteiger partial charge < -0.3 is 24.8 Å². The van der Waals surface area contributed by atoms with Gasteiger partial charge in [0.1, 0.15) is 5.75 Å². The minimum atomic E-state index is -3.84. The monoisotopic (exact) mass is 699 g/mol. The quantitative estimate of drug-likeness (QED) is 0.296. The van der Waals surface area contributed by atoms with Crippen LogP contribution in [0.1, 0.15) is 56.0 Å². The second-order valence-corrected chi connectivity index (χ2v) is 14.9. The van der Waals surface area contributed by atoms with E-state index in [0.29, 0.717) is 29.5 Å². The van der Waals surface area contributed by atoms with Crippen molar-refractivity contribution >= 4 is 39.1 Å². The molecule has 0 unspecified atom stereocenters. The van der Waals surface area contributed by atoms with Crippen LogP contribution in [-0.4, -0.2) is 86.1 Å². The summed E-state index contributed by atoms with van der Waals surface area (Å²) < 4.78 is 40.7. The van der Waals surface area contributed by atoms with Crippen LogP contribution in [0.25, 0.3) is 0 Å². The number of ether oxygens (including phenoxy) is 2. The van der Waals surface area contributed by atoms with Gasteiger partial charge in [-0.1, -0.05) is 48.9 Å². The number of nitrogens with one attached hydrogen (secondary N) is 1. The Bertz CT molecular complexity index is 1620. The lowest BCUT2D eigenvalue weighted by molar-refractivity contribution is -0.115. The summed E-state index contributed by atoms with van der Waals surface area (Å²) in [6, 6.07) is 19.8. The number of hydrogen-bond donors (Lipinski definition) is 2. The standard InChI is InChI=1S/C36H46ClN3O7S/c1-25-22-40(26(2)24-41)36(43)32-21-30(38-35(42)20-28-11-6-5-7-12-28)15-18-33(32)47-27(3)10-8-9-19-46-34(25)23-39(4)48(44,45)31-16-13-29(37)14-17-31/h5-7,11-18,21,25-27,34,41H,8-10,19-20,22-24H2,1-4H3,(H,38,42)/t25-,26+,27-,34+/m0/s1. The molecule has 0 aliphatic carbocycles. The molecule has 0 spiro atoms. The van der Waals surface area contributed by atoms with E-state index in [1.165, 1.54) is 35.6 Å². The maximum atomic E-state index is 14.4. The van der Waals surface area contributed by atoms with Crippen LogP contribution in [0.15, 0.2) is 77.7 Å². The van der Waals surface area contributed by atoms with Crippen molar-refractivity contribution in [1.82, 2.24) is 9.21 Å². The van der Waals surface area contributed by atoms with Crippen molar-refractivity contribution in [1.29, 1.82) is 0 Å². The fraction of sp³-hybridized carbons (Fsp3) is 0.444. The predicted octanol–water partition coefficient (Wildman–Crippen LogP) is 5.64. The normalized spacial score (nSPS) is 20.4. The molecule has 0 saturated carbocycles. The van der Waals surface area contributed by atoms with Crippen molar-refractivity contribution in [3.63, 3.8) is 0 Å². The maximum Gasteiger partial charge on any atom is 0.258 e. The lowest BCUT2D eigenvalue weighted by atomic mass is 10.0. The van der Waals surface area contributed by atoms with Crippen LogP contribution in [0.4, 0.5) is 5.69 Å². The van der Waals surface area contributed by atoms with E-state index in [1.807, 2.05) is 44.2 Å². The number of rotatable bonds is 9. The first-order valence-corrected chi connectivity index (χ1v) is 18.1. The van der Waals surface area contributed by atoms with Crippen LogP contribution in [0.5, 0.6) is 5.75 Å². The molecule has 48 heavy (non-hydrogen) atoms. The predicted molar refractivity (Wildman–Crippen MR) is 187 cm³/mol. The minimum Gasteiger partial charge on any atom is -0.490 e. The number of sulfonamides is 1. The van der Waals surface area contributed by atoms with E-state index in [2.05, 4.69) is 5.32 Å². The molecular formula is C36H46ClN3O7S. The number of carbonyl (C=O) groups excluding carboxylic acids is 2. The second-order valence-electron chi connectivity index (χ2n) is 12.5. The molecule has 2 N–H and O–H groups in total. The summed E-state index contributed by atoms with van der Waals surface area (Å²) >= 11 is 5.98. The zero-order valence-corrected chi connectivity index (χ0v) is 29.5. The number of aliphatic hydroxyl groups excluding tert-OH is 1. The molecule has 0 radical (unpaired) electrons. The summed E-state index contributed by atoms with van der Waals surface area (Å²) in [5.41, 5.74) is 1.56. The third-order valence-corrected chi connectivity index (χ3v) is 10.6. The van der Waals surface area contributed by atoms with Crippen molar-refractivity contribution in [3.05, 3.63) is 88.9 Å². The molecule has 4 rings (SSSR count). The number of carbonyl (C=O) groups is 2. The van der Waals surface area contributed by atoms with Crippen LogP contribution in [0, 0.1) is 5.92 Å². The number of aliphatic hydroxyl groups is 1. The van der Waals surface area contributed by atoms with Crippen LogP contribution in [-0.2, 0) is 26.0 Å². The fourth-order valence-corrected chi connectivity index (χ4v) is 6.90. The van der Waals surface area contributed by atoms with Crippen molar-refractivity contribution in [3.8, 4) is 5.75 Å². The highest BCUT2D eigenvalue weighted by Gasteiger charge is 2.32. The van der Waals surface area contributed by atoms with E-state index in [-0.39, 0.29) is 60.4 Å². The van der Waals surface area contributed by atoms with Crippen molar-refractivity contribution < 1.29 is 32.6 Å².